The van der Waals surface area contributed by atoms with Gasteiger partial charge in [0.1, 0.15) is 0 Å². The van der Waals surface area contributed by atoms with Crippen molar-refractivity contribution < 1.29 is 14.3 Å². The molecular weight excluding hydrogens is 158 g/mol. The van der Waals surface area contributed by atoms with E-state index in [0.717, 1.165) is 0 Å². The number of allylic oxidation sites excluding steroid dienone is 1. The van der Waals surface area contributed by atoms with Crippen LogP contribution in [0.1, 0.15) is 0 Å². The number of dihydropyridines is 1. The maximum Gasteiger partial charge on any atom is 0.357 e. The van der Waals surface area contributed by atoms with Crippen LogP contribution in [0, 0.1) is 0 Å². The van der Waals surface area contributed by atoms with E-state index < -0.39 is 11.9 Å². The lowest BCUT2D eigenvalue weighted by Gasteiger charge is -2.05. The lowest BCUT2D eigenvalue weighted by molar-refractivity contribution is -0.132. The maximum atomic E-state index is 10.9. The normalized spacial score (nSPS) is 15.9. The number of hydrogen-bond donors (Lipinski definition) is 0. The number of amides is 1. The molecule has 0 N–H and O–H groups in total. The van der Waals surface area contributed by atoms with Gasteiger partial charge in [-0.1, -0.05) is 6.58 Å². The standard InChI is InChI=1S/C8H7NO3/c1-5-3-4-6(10)9-7(5)8(11)12-2/h3-4H,1H2,2H3. The van der Waals surface area contributed by atoms with E-state index in [0.29, 0.717) is 5.57 Å². The SMILES string of the molecule is C=C1C=CC(=O)N=C1C(=O)OC. The molecule has 62 valence electrons. The molecule has 0 atom stereocenters. The molecule has 0 spiro atoms. The van der Waals surface area contributed by atoms with Gasteiger partial charge in [-0.25, -0.2) is 9.79 Å². The van der Waals surface area contributed by atoms with Crippen molar-refractivity contribution in [3.63, 3.8) is 0 Å². The third kappa shape index (κ3) is 1.47. The molecule has 12 heavy (non-hydrogen) atoms. The molecule has 1 aliphatic heterocycles. The van der Waals surface area contributed by atoms with Crippen molar-refractivity contribution in [3.05, 3.63) is 24.3 Å². The van der Waals surface area contributed by atoms with Crippen LogP contribution in [0.5, 0.6) is 0 Å². The molecule has 0 aromatic heterocycles. The van der Waals surface area contributed by atoms with Gasteiger partial charge in [-0.3, -0.25) is 4.79 Å². The highest BCUT2D eigenvalue weighted by molar-refractivity contribution is 6.46. The Morgan fingerprint density at radius 1 is 1.58 bits per heavy atom. The Kier molecular flexibility index (Phi) is 2.19. The predicted molar refractivity (Wildman–Crippen MR) is 42.7 cm³/mol. The van der Waals surface area contributed by atoms with Crippen molar-refractivity contribution in [2.45, 2.75) is 0 Å². The van der Waals surface area contributed by atoms with Crippen LogP contribution in [0.3, 0.4) is 0 Å². The monoisotopic (exact) mass is 165 g/mol. The van der Waals surface area contributed by atoms with Crippen LogP contribution in [0.15, 0.2) is 29.3 Å². The van der Waals surface area contributed by atoms with Gasteiger partial charge in [0, 0.05) is 11.6 Å². The number of ether oxygens (including phenoxy) is 1. The summed E-state index contributed by atoms with van der Waals surface area (Å²) in [7, 11) is 1.22. The molecule has 1 amide bonds. The quantitative estimate of drug-likeness (QED) is 0.523. The first-order valence-electron chi connectivity index (χ1n) is 3.23. The number of rotatable bonds is 1. The summed E-state index contributed by atoms with van der Waals surface area (Å²) >= 11 is 0. The van der Waals surface area contributed by atoms with Crippen LogP contribution in [-0.2, 0) is 14.3 Å². The number of hydrogen-bond acceptors (Lipinski definition) is 3. The average Bonchev–Trinajstić information content (AvgIpc) is 2.08. The fraction of sp³-hybridized carbons (Fsp3) is 0.125. The first-order valence-corrected chi connectivity index (χ1v) is 3.23. The van der Waals surface area contributed by atoms with Crippen LogP contribution in [-0.4, -0.2) is 24.7 Å². The summed E-state index contributed by atoms with van der Waals surface area (Å²) in [6.45, 7) is 3.53. The lowest BCUT2D eigenvalue weighted by Crippen LogP contribution is -2.20. The van der Waals surface area contributed by atoms with E-state index in [1.54, 1.807) is 0 Å². The summed E-state index contributed by atoms with van der Waals surface area (Å²) in [5, 5.41) is 0. The molecule has 0 saturated carbocycles. The molecule has 1 heterocycles. The number of esters is 1. The molecule has 0 aromatic rings. The fourth-order valence-electron chi connectivity index (χ4n) is 0.743. The van der Waals surface area contributed by atoms with Crippen LogP contribution in [0.4, 0.5) is 0 Å². The van der Waals surface area contributed by atoms with Crippen molar-refractivity contribution in [3.8, 4) is 0 Å². The second-order valence-electron chi connectivity index (χ2n) is 2.15. The number of nitrogens with zero attached hydrogens (tertiary/aromatic N) is 1. The number of aliphatic imine (C=N–C) groups is 1. The van der Waals surface area contributed by atoms with E-state index in [1.807, 2.05) is 0 Å². The third-order valence-electron chi connectivity index (χ3n) is 1.33. The highest BCUT2D eigenvalue weighted by Gasteiger charge is 2.18. The van der Waals surface area contributed by atoms with Gasteiger partial charge in [-0.05, 0) is 6.08 Å². The second kappa shape index (κ2) is 3.13. The van der Waals surface area contributed by atoms with Gasteiger partial charge < -0.3 is 4.74 Å². The summed E-state index contributed by atoms with van der Waals surface area (Å²) in [5.74, 6) is -1.11. The van der Waals surface area contributed by atoms with E-state index in [2.05, 4.69) is 16.3 Å². The number of carbonyl (C=O) groups is 2. The summed E-state index contributed by atoms with van der Waals surface area (Å²) in [5.41, 5.74) is 0.367. The van der Waals surface area contributed by atoms with Crippen molar-refractivity contribution >= 4 is 17.6 Å². The summed E-state index contributed by atoms with van der Waals surface area (Å²) in [4.78, 5) is 25.1. The molecule has 4 nitrogen and oxygen atoms in total. The van der Waals surface area contributed by atoms with E-state index >= 15 is 0 Å². The molecule has 4 heteroatoms. The number of carbonyl (C=O) groups excluding carboxylic acids is 2. The molecule has 0 aromatic carbocycles. The lowest BCUT2D eigenvalue weighted by atomic mass is 10.1. The minimum atomic E-state index is -0.641. The topological polar surface area (TPSA) is 55.7 Å². The maximum absolute atomic E-state index is 10.9. The van der Waals surface area contributed by atoms with E-state index in [-0.39, 0.29) is 5.71 Å². The Hall–Kier alpha value is -1.71. The minimum Gasteiger partial charge on any atom is -0.464 e. The highest BCUT2D eigenvalue weighted by atomic mass is 16.5. The minimum absolute atomic E-state index is 0.0231. The second-order valence-corrected chi connectivity index (χ2v) is 2.15. The van der Waals surface area contributed by atoms with Gasteiger partial charge in [-0.2, -0.15) is 0 Å². The zero-order valence-corrected chi connectivity index (χ0v) is 6.53. The molecular formula is C8H7NO3. The Bertz CT molecular complexity index is 312. The summed E-state index contributed by atoms with van der Waals surface area (Å²) < 4.78 is 4.39. The van der Waals surface area contributed by atoms with Crippen molar-refractivity contribution in [1.82, 2.24) is 0 Å². The van der Waals surface area contributed by atoms with Crippen molar-refractivity contribution in [2.24, 2.45) is 4.99 Å². The molecule has 0 unspecified atom stereocenters. The number of methoxy groups -OCH3 is 1. The highest BCUT2D eigenvalue weighted by Crippen LogP contribution is 2.05. The Morgan fingerprint density at radius 3 is 2.83 bits per heavy atom. The van der Waals surface area contributed by atoms with Crippen molar-refractivity contribution in [2.75, 3.05) is 7.11 Å². The summed E-state index contributed by atoms with van der Waals surface area (Å²) in [6.07, 6.45) is 2.68. The zero-order chi connectivity index (χ0) is 9.14. The smallest absolute Gasteiger partial charge is 0.357 e. The van der Waals surface area contributed by atoms with Crippen LogP contribution in [0.25, 0.3) is 0 Å². The Morgan fingerprint density at radius 2 is 2.25 bits per heavy atom. The Labute approximate surface area is 69.2 Å². The molecule has 1 rings (SSSR count). The van der Waals surface area contributed by atoms with Gasteiger partial charge in [0.25, 0.3) is 5.91 Å². The fourth-order valence-corrected chi connectivity index (χ4v) is 0.743. The molecule has 0 bridgehead atoms. The first-order chi connectivity index (χ1) is 5.65. The van der Waals surface area contributed by atoms with Crippen LogP contribution < -0.4 is 0 Å². The third-order valence-corrected chi connectivity index (χ3v) is 1.33. The van der Waals surface area contributed by atoms with Crippen LogP contribution in [0.2, 0.25) is 0 Å². The largest absolute Gasteiger partial charge is 0.464 e. The zero-order valence-electron chi connectivity index (χ0n) is 6.53. The van der Waals surface area contributed by atoms with Crippen LogP contribution >= 0.6 is 0 Å². The molecule has 0 radical (unpaired) electrons. The molecule has 0 aliphatic carbocycles. The van der Waals surface area contributed by atoms with E-state index in [4.69, 9.17) is 0 Å². The predicted octanol–water partition coefficient (Wildman–Crippen LogP) is 0.253. The van der Waals surface area contributed by atoms with E-state index in [1.165, 1.54) is 19.3 Å². The first kappa shape index (κ1) is 8.39. The van der Waals surface area contributed by atoms with Gasteiger partial charge in [0.2, 0.25) is 0 Å². The molecule has 1 aliphatic rings. The van der Waals surface area contributed by atoms with Gasteiger partial charge in [-0.15, -0.1) is 0 Å². The van der Waals surface area contributed by atoms with Crippen molar-refractivity contribution in [1.29, 1.82) is 0 Å². The van der Waals surface area contributed by atoms with E-state index in [9.17, 15) is 9.59 Å². The van der Waals surface area contributed by atoms with Gasteiger partial charge in [0.15, 0.2) is 5.71 Å². The Balaban J connectivity index is 2.96. The summed E-state index contributed by atoms with van der Waals surface area (Å²) in [6, 6.07) is 0. The molecule has 0 saturated heterocycles. The average molecular weight is 165 g/mol. The van der Waals surface area contributed by atoms with Gasteiger partial charge in [0.05, 0.1) is 7.11 Å². The molecule has 0 fully saturated rings. The van der Waals surface area contributed by atoms with Gasteiger partial charge >= 0.3 is 5.97 Å².